The fourth-order valence-corrected chi connectivity index (χ4v) is 2.77. The molecule has 0 saturated carbocycles. The standard InChI is InChI=1S/C18H16N2O4/c21-16-15(12-4-2-1-3-5-12)20(11-10-19-16)17(22)13-6-8-14(9-7-13)18(23)24/h1-9,15H,10-11H2,(H,19,21)(H,23,24)/t15-/m0/s1. The van der Waals surface area contributed by atoms with Gasteiger partial charge in [0.1, 0.15) is 6.04 Å². The molecule has 24 heavy (non-hydrogen) atoms. The summed E-state index contributed by atoms with van der Waals surface area (Å²) in [7, 11) is 0. The molecule has 1 heterocycles. The highest BCUT2D eigenvalue weighted by atomic mass is 16.4. The number of hydrogen-bond acceptors (Lipinski definition) is 3. The van der Waals surface area contributed by atoms with Gasteiger partial charge >= 0.3 is 5.97 Å². The van der Waals surface area contributed by atoms with E-state index in [1.165, 1.54) is 29.2 Å². The summed E-state index contributed by atoms with van der Waals surface area (Å²) in [5.74, 6) is -1.56. The normalized spacial score (nSPS) is 17.2. The van der Waals surface area contributed by atoms with Crippen LogP contribution in [0.4, 0.5) is 0 Å². The molecular formula is C18H16N2O4. The van der Waals surface area contributed by atoms with Crippen molar-refractivity contribution in [3.63, 3.8) is 0 Å². The van der Waals surface area contributed by atoms with Crippen molar-refractivity contribution in [3.05, 3.63) is 71.3 Å². The van der Waals surface area contributed by atoms with Crippen LogP contribution >= 0.6 is 0 Å². The monoisotopic (exact) mass is 324 g/mol. The quantitative estimate of drug-likeness (QED) is 0.899. The van der Waals surface area contributed by atoms with Gasteiger partial charge in [0.25, 0.3) is 5.91 Å². The Morgan fingerprint density at radius 1 is 1.00 bits per heavy atom. The van der Waals surface area contributed by atoms with Crippen molar-refractivity contribution in [3.8, 4) is 0 Å². The van der Waals surface area contributed by atoms with Crippen LogP contribution in [0.25, 0.3) is 0 Å². The highest BCUT2D eigenvalue weighted by Gasteiger charge is 2.34. The molecule has 1 aliphatic rings. The molecule has 0 aromatic heterocycles. The number of nitrogens with one attached hydrogen (secondary N) is 1. The maximum Gasteiger partial charge on any atom is 0.335 e. The fraction of sp³-hybridized carbons (Fsp3) is 0.167. The highest BCUT2D eigenvalue weighted by Crippen LogP contribution is 2.25. The second-order valence-electron chi connectivity index (χ2n) is 5.49. The first-order chi connectivity index (χ1) is 11.6. The number of nitrogens with zero attached hydrogens (tertiary/aromatic N) is 1. The van der Waals surface area contributed by atoms with E-state index in [-0.39, 0.29) is 17.4 Å². The molecule has 2 aromatic carbocycles. The Morgan fingerprint density at radius 3 is 2.25 bits per heavy atom. The Labute approximate surface area is 138 Å². The van der Waals surface area contributed by atoms with E-state index < -0.39 is 12.0 Å². The van der Waals surface area contributed by atoms with Crippen LogP contribution in [-0.4, -0.2) is 40.9 Å². The Bertz CT molecular complexity index is 771. The molecule has 3 rings (SSSR count). The van der Waals surface area contributed by atoms with Crippen LogP contribution in [0, 0.1) is 0 Å². The van der Waals surface area contributed by atoms with Crippen LogP contribution in [0.5, 0.6) is 0 Å². The number of amides is 2. The van der Waals surface area contributed by atoms with Crippen molar-refractivity contribution in [1.29, 1.82) is 0 Å². The summed E-state index contributed by atoms with van der Waals surface area (Å²) in [4.78, 5) is 37.5. The van der Waals surface area contributed by atoms with Crippen LogP contribution in [-0.2, 0) is 4.79 Å². The topological polar surface area (TPSA) is 86.7 Å². The summed E-state index contributed by atoms with van der Waals surface area (Å²) < 4.78 is 0. The first kappa shape index (κ1) is 15.7. The van der Waals surface area contributed by atoms with Crippen molar-refractivity contribution in [1.82, 2.24) is 10.2 Å². The largest absolute Gasteiger partial charge is 0.478 e. The van der Waals surface area contributed by atoms with Crippen molar-refractivity contribution < 1.29 is 19.5 Å². The van der Waals surface area contributed by atoms with Crippen LogP contribution in [0.1, 0.15) is 32.3 Å². The van der Waals surface area contributed by atoms with E-state index in [2.05, 4.69) is 5.32 Å². The minimum atomic E-state index is -1.05. The number of aromatic carboxylic acids is 1. The van der Waals surface area contributed by atoms with Crippen LogP contribution in [0.3, 0.4) is 0 Å². The second-order valence-corrected chi connectivity index (χ2v) is 5.49. The molecule has 2 aromatic rings. The Morgan fingerprint density at radius 2 is 1.62 bits per heavy atom. The first-order valence-electron chi connectivity index (χ1n) is 7.55. The molecule has 1 atom stereocenters. The number of benzene rings is 2. The maximum absolute atomic E-state index is 12.8. The van der Waals surface area contributed by atoms with E-state index in [0.29, 0.717) is 18.7 Å². The molecular weight excluding hydrogens is 308 g/mol. The zero-order chi connectivity index (χ0) is 17.1. The Balaban J connectivity index is 1.91. The molecule has 2 N–H and O–H groups in total. The third-order valence-corrected chi connectivity index (χ3v) is 3.97. The van der Waals surface area contributed by atoms with Crippen LogP contribution < -0.4 is 5.32 Å². The first-order valence-corrected chi connectivity index (χ1v) is 7.55. The van der Waals surface area contributed by atoms with E-state index in [4.69, 9.17) is 5.11 Å². The SMILES string of the molecule is O=C(O)c1ccc(C(=O)N2CCNC(=O)[C@@H]2c2ccccc2)cc1. The van der Waals surface area contributed by atoms with Gasteiger partial charge in [0.2, 0.25) is 5.91 Å². The minimum Gasteiger partial charge on any atom is -0.478 e. The summed E-state index contributed by atoms with van der Waals surface area (Å²) >= 11 is 0. The predicted octanol–water partition coefficient (Wildman–Crippen LogP) is 1.70. The van der Waals surface area contributed by atoms with Crippen molar-refractivity contribution >= 4 is 17.8 Å². The molecule has 2 amide bonds. The molecule has 0 unspecified atom stereocenters. The van der Waals surface area contributed by atoms with Gasteiger partial charge in [0, 0.05) is 18.7 Å². The van der Waals surface area contributed by atoms with E-state index in [0.717, 1.165) is 5.56 Å². The number of piperazine rings is 1. The Hall–Kier alpha value is -3.15. The number of carbonyl (C=O) groups is 3. The van der Waals surface area contributed by atoms with Gasteiger partial charge in [-0.1, -0.05) is 30.3 Å². The van der Waals surface area contributed by atoms with Gasteiger partial charge in [0.15, 0.2) is 0 Å². The average molecular weight is 324 g/mol. The van der Waals surface area contributed by atoms with Gasteiger partial charge in [-0.15, -0.1) is 0 Å². The lowest BCUT2D eigenvalue weighted by molar-refractivity contribution is -0.128. The highest BCUT2D eigenvalue weighted by molar-refractivity contribution is 5.99. The third kappa shape index (κ3) is 2.99. The summed E-state index contributed by atoms with van der Waals surface area (Å²) in [6.45, 7) is 0.784. The number of rotatable bonds is 3. The van der Waals surface area contributed by atoms with Gasteiger partial charge in [-0.3, -0.25) is 9.59 Å². The number of hydrogen-bond donors (Lipinski definition) is 2. The average Bonchev–Trinajstić information content (AvgIpc) is 2.61. The smallest absolute Gasteiger partial charge is 0.335 e. The third-order valence-electron chi connectivity index (χ3n) is 3.97. The molecule has 1 fully saturated rings. The minimum absolute atomic E-state index is 0.113. The molecule has 1 aliphatic heterocycles. The maximum atomic E-state index is 12.8. The molecule has 1 saturated heterocycles. The van der Waals surface area contributed by atoms with E-state index in [9.17, 15) is 14.4 Å². The molecule has 0 bridgehead atoms. The number of carboxylic acid groups (broad SMARTS) is 1. The molecule has 6 nitrogen and oxygen atoms in total. The van der Waals surface area contributed by atoms with Crippen molar-refractivity contribution in [2.75, 3.05) is 13.1 Å². The van der Waals surface area contributed by atoms with E-state index >= 15 is 0 Å². The summed E-state index contributed by atoms with van der Waals surface area (Å²) in [6, 6.07) is 14.1. The zero-order valence-corrected chi connectivity index (χ0v) is 12.8. The fourth-order valence-electron chi connectivity index (χ4n) is 2.77. The van der Waals surface area contributed by atoms with Crippen LogP contribution in [0.15, 0.2) is 54.6 Å². The lowest BCUT2D eigenvalue weighted by atomic mass is 10.0. The summed E-state index contributed by atoms with van der Waals surface area (Å²) in [6.07, 6.45) is 0. The van der Waals surface area contributed by atoms with Gasteiger partial charge in [-0.05, 0) is 29.8 Å². The predicted molar refractivity (Wildman–Crippen MR) is 86.6 cm³/mol. The molecule has 122 valence electrons. The Kier molecular flexibility index (Phi) is 4.29. The van der Waals surface area contributed by atoms with Gasteiger partial charge < -0.3 is 15.3 Å². The molecule has 6 heteroatoms. The van der Waals surface area contributed by atoms with Gasteiger partial charge in [0.05, 0.1) is 5.56 Å². The zero-order valence-electron chi connectivity index (χ0n) is 12.8. The van der Waals surface area contributed by atoms with E-state index in [1.54, 1.807) is 0 Å². The van der Waals surface area contributed by atoms with Gasteiger partial charge in [-0.2, -0.15) is 0 Å². The van der Waals surface area contributed by atoms with Crippen LogP contribution in [0.2, 0.25) is 0 Å². The second kappa shape index (κ2) is 6.54. The lowest BCUT2D eigenvalue weighted by Gasteiger charge is -2.35. The van der Waals surface area contributed by atoms with Gasteiger partial charge in [-0.25, -0.2) is 4.79 Å². The summed E-state index contributed by atoms with van der Waals surface area (Å²) in [5, 5.41) is 11.7. The molecule has 0 spiro atoms. The number of carboxylic acids is 1. The van der Waals surface area contributed by atoms with Crippen molar-refractivity contribution in [2.24, 2.45) is 0 Å². The molecule has 0 radical (unpaired) electrons. The van der Waals surface area contributed by atoms with Crippen molar-refractivity contribution in [2.45, 2.75) is 6.04 Å². The molecule has 0 aliphatic carbocycles. The van der Waals surface area contributed by atoms with E-state index in [1.807, 2.05) is 30.3 Å². The summed E-state index contributed by atoms with van der Waals surface area (Å²) in [5.41, 5.74) is 1.21. The number of carbonyl (C=O) groups excluding carboxylic acids is 2. The lowest BCUT2D eigenvalue weighted by Crippen LogP contribution is -2.52.